The summed E-state index contributed by atoms with van der Waals surface area (Å²) in [4.78, 5) is 4.72. The summed E-state index contributed by atoms with van der Waals surface area (Å²) < 4.78 is 1.16. The molecule has 3 rings (SSSR count). The molecule has 1 fully saturated rings. The fourth-order valence-electron chi connectivity index (χ4n) is 2.96. The molecule has 4 heteroatoms. The zero-order chi connectivity index (χ0) is 12.8. The number of thioether (sulfide) groups is 1. The van der Waals surface area contributed by atoms with Crippen LogP contribution in [0.5, 0.6) is 0 Å². The van der Waals surface area contributed by atoms with E-state index in [2.05, 4.69) is 47.1 Å². The Morgan fingerprint density at radius 1 is 1.50 bits per heavy atom. The number of nitrogens with zero attached hydrogens (tertiary/aromatic N) is 1. The predicted molar refractivity (Wildman–Crippen MR) is 82.1 cm³/mol. The molecule has 18 heavy (non-hydrogen) atoms. The van der Waals surface area contributed by atoms with Gasteiger partial charge in [-0.2, -0.15) is 0 Å². The van der Waals surface area contributed by atoms with E-state index in [0.717, 1.165) is 21.8 Å². The number of benzene rings is 1. The standard InChI is InChI=1S/C14H17BrN2S/c1-14(5-6-18-13(16)17-14)12-8-11(12)9-3-2-4-10(15)7-9/h2-4,7,11-12H,5-6,8H2,1H3,(H2,16,17)/t11-,12-,14+/m1/s1. The highest BCUT2D eigenvalue weighted by molar-refractivity contribution is 9.10. The summed E-state index contributed by atoms with van der Waals surface area (Å²) in [5, 5.41) is 0.767. The molecule has 2 aliphatic rings. The Hall–Kier alpha value is -0.480. The van der Waals surface area contributed by atoms with E-state index in [1.165, 1.54) is 12.0 Å². The van der Waals surface area contributed by atoms with Crippen molar-refractivity contribution in [2.75, 3.05) is 5.75 Å². The van der Waals surface area contributed by atoms with Gasteiger partial charge in [-0.3, -0.25) is 4.99 Å². The molecule has 2 N–H and O–H groups in total. The van der Waals surface area contributed by atoms with Crippen molar-refractivity contribution in [3.8, 4) is 0 Å². The molecule has 1 heterocycles. The van der Waals surface area contributed by atoms with Crippen molar-refractivity contribution in [1.82, 2.24) is 0 Å². The van der Waals surface area contributed by atoms with Crippen molar-refractivity contribution < 1.29 is 0 Å². The second kappa shape index (κ2) is 4.57. The second-order valence-electron chi connectivity index (χ2n) is 5.41. The van der Waals surface area contributed by atoms with Gasteiger partial charge in [0.15, 0.2) is 5.17 Å². The summed E-state index contributed by atoms with van der Waals surface area (Å²) in [6.45, 7) is 2.27. The number of nitrogens with two attached hydrogens (primary N) is 1. The first-order valence-corrected chi connectivity index (χ1v) is 8.10. The van der Waals surface area contributed by atoms with Crippen molar-refractivity contribution in [3.63, 3.8) is 0 Å². The van der Waals surface area contributed by atoms with Crippen LogP contribution < -0.4 is 5.73 Å². The van der Waals surface area contributed by atoms with Crippen LogP contribution in [0, 0.1) is 5.92 Å². The molecular weight excluding hydrogens is 308 g/mol. The van der Waals surface area contributed by atoms with Gasteiger partial charge in [-0.25, -0.2) is 0 Å². The van der Waals surface area contributed by atoms with Crippen LogP contribution in [0.25, 0.3) is 0 Å². The first-order chi connectivity index (χ1) is 8.58. The Balaban J connectivity index is 1.80. The molecule has 0 saturated heterocycles. The van der Waals surface area contributed by atoms with Crippen LogP contribution in [-0.2, 0) is 0 Å². The molecule has 0 aromatic heterocycles. The molecule has 0 spiro atoms. The van der Waals surface area contributed by atoms with Gasteiger partial charge in [0.25, 0.3) is 0 Å². The van der Waals surface area contributed by atoms with E-state index in [0.29, 0.717) is 11.8 Å². The smallest absolute Gasteiger partial charge is 0.154 e. The highest BCUT2D eigenvalue weighted by Crippen LogP contribution is 2.56. The van der Waals surface area contributed by atoms with Crippen molar-refractivity contribution >= 4 is 32.9 Å². The van der Waals surface area contributed by atoms with Gasteiger partial charge in [0.1, 0.15) is 0 Å². The Labute approximate surface area is 121 Å². The monoisotopic (exact) mass is 324 g/mol. The van der Waals surface area contributed by atoms with Crippen LogP contribution in [0.15, 0.2) is 33.7 Å². The SMILES string of the molecule is C[C@@]1([C@@H]2C[C@@H]2c2cccc(Br)c2)CCSC(N)=N1. The maximum Gasteiger partial charge on any atom is 0.154 e. The van der Waals surface area contributed by atoms with Gasteiger partial charge in [0.05, 0.1) is 5.54 Å². The average molecular weight is 325 g/mol. The lowest BCUT2D eigenvalue weighted by molar-refractivity contribution is 0.392. The van der Waals surface area contributed by atoms with Crippen molar-refractivity contribution in [1.29, 1.82) is 0 Å². The minimum absolute atomic E-state index is 0.0579. The molecule has 1 aromatic carbocycles. The molecule has 1 aromatic rings. The van der Waals surface area contributed by atoms with Gasteiger partial charge in [-0.05, 0) is 49.3 Å². The van der Waals surface area contributed by atoms with Gasteiger partial charge < -0.3 is 5.73 Å². The third-order valence-electron chi connectivity index (χ3n) is 4.09. The summed E-state index contributed by atoms with van der Waals surface area (Å²) in [6.07, 6.45) is 2.39. The van der Waals surface area contributed by atoms with Crippen LogP contribution in [-0.4, -0.2) is 16.5 Å². The zero-order valence-electron chi connectivity index (χ0n) is 10.4. The second-order valence-corrected chi connectivity index (χ2v) is 7.44. The van der Waals surface area contributed by atoms with Gasteiger partial charge >= 0.3 is 0 Å². The van der Waals surface area contributed by atoms with Crippen LogP contribution in [0.4, 0.5) is 0 Å². The van der Waals surface area contributed by atoms with Crippen LogP contribution in [0.3, 0.4) is 0 Å². The Bertz CT molecular complexity index is 502. The van der Waals surface area contributed by atoms with E-state index in [1.807, 2.05) is 0 Å². The van der Waals surface area contributed by atoms with Crippen LogP contribution >= 0.6 is 27.7 Å². The summed E-state index contributed by atoms with van der Waals surface area (Å²) in [6, 6.07) is 8.66. The maximum atomic E-state index is 5.89. The summed E-state index contributed by atoms with van der Waals surface area (Å²) in [7, 11) is 0. The van der Waals surface area contributed by atoms with Gasteiger partial charge in [-0.15, -0.1) is 0 Å². The summed E-state index contributed by atoms with van der Waals surface area (Å²) in [5.41, 5.74) is 7.38. The third kappa shape index (κ3) is 2.32. The largest absolute Gasteiger partial charge is 0.379 e. The molecule has 2 nitrogen and oxygen atoms in total. The van der Waals surface area contributed by atoms with Crippen molar-refractivity contribution in [3.05, 3.63) is 34.3 Å². The highest BCUT2D eigenvalue weighted by Gasteiger charge is 2.51. The molecule has 0 bridgehead atoms. The normalized spacial score (nSPS) is 35.1. The van der Waals surface area contributed by atoms with E-state index >= 15 is 0 Å². The van der Waals surface area contributed by atoms with E-state index in [1.54, 1.807) is 11.8 Å². The molecule has 1 aliphatic heterocycles. The lowest BCUT2D eigenvalue weighted by atomic mass is 9.90. The highest BCUT2D eigenvalue weighted by atomic mass is 79.9. The average Bonchev–Trinajstić information content (AvgIpc) is 3.09. The first-order valence-electron chi connectivity index (χ1n) is 6.32. The minimum atomic E-state index is 0.0579. The Morgan fingerprint density at radius 2 is 2.33 bits per heavy atom. The molecule has 3 atom stereocenters. The topological polar surface area (TPSA) is 38.4 Å². The predicted octanol–water partition coefficient (Wildman–Crippen LogP) is 3.76. The fourth-order valence-corrected chi connectivity index (χ4v) is 4.37. The molecular formula is C14H17BrN2S. The number of halogens is 1. The van der Waals surface area contributed by atoms with Crippen molar-refractivity contribution in [2.45, 2.75) is 31.2 Å². The lowest BCUT2D eigenvalue weighted by Crippen LogP contribution is -2.33. The van der Waals surface area contributed by atoms with Crippen LogP contribution in [0.1, 0.15) is 31.2 Å². The van der Waals surface area contributed by atoms with Crippen LogP contribution in [0.2, 0.25) is 0 Å². The number of hydrogen-bond acceptors (Lipinski definition) is 3. The number of rotatable bonds is 2. The Morgan fingerprint density at radius 3 is 3.06 bits per heavy atom. The lowest BCUT2D eigenvalue weighted by Gasteiger charge is -2.29. The maximum absolute atomic E-state index is 5.89. The van der Waals surface area contributed by atoms with E-state index in [-0.39, 0.29) is 5.54 Å². The number of hydrogen-bond donors (Lipinski definition) is 1. The molecule has 0 unspecified atom stereocenters. The number of amidine groups is 1. The van der Waals surface area contributed by atoms with Gasteiger partial charge in [0.2, 0.25) is 0 Å². The fraction of sp³-hybridized carbons (Fsp3) is 0.500. The summed E-state index contributed by atoms with van der Waals surface area (Å²) >= 11 is 5.23. The third-order valence-corrected chi connectivity index (χ3v) is 5.38. The Kier molecular flexibility index (Phi) is 3.18. The van der Waals surface area contributed by atoms with Gasteiger partial charge in [0, 0.05) is 10.2 Å². The molecule has 1 saturated carbocycles. The van der Waals surface area contributed by atoms with E-state index in [4.69, 9.17) is 10.7 Å². The van der Waals surface area contributed by atoms with Crippen molar-refractivity contribution in [2.24, 2.45) is 16.6 Å². The van der Waals surface area contributed by atoms with Gasteiger partial charge in [-0.1, -0.05) is 39.8 Å². The molecule has 96 valence electrons. The molecule has 0 amide bonds. The van der Waals surface area contributed by atoms with E-state index < -0.39 is 0 Å². The quantitative estimate of drug-likeness (QED) is 0.899. The number of aliphatic imine (C=N–C) groups is 1. The molecule has 0 radical (unpaired) electrons. The summed E-state index contributed by atoms with van der Waals surface area (Å²) in [5.74, 6) is 2.42. The molecule has 1 aliphatic carbocycles. The zero-order valence-corrected chi connectivity index (χ0v) is 12.8. The minimum Gasteiger partial charge on any atom is -0.379 e. The first kappa shape index (κ1) is 12.5. The van der Waals surface area contributed by atoms with E-state index in [9.17, 15) is 0 Å².